The standard InChI is InChI=1S/C16H19ClF2N6O2S/c1-10(12-4-3-11(18)9-20-12)21-14-13(19)15(23-16(17)22-14)24-5-7-25(8-6-24)28(2,26)27/h3-4,9-10H,5-8H2,1-2H3,(H,21,22,23). The number of halogens is 3. The Hall–Kier alpha value is -2.11. The predicted octanol–water partition coefficient (Wildman–Crippen LogP) is 2.06. The maximum Gasteiger partial charge on any atom is 0.226 e. The molecule has 0 bridgehead atoms. The van der Waals surface area contributed by atoms with Crippen molar-refractivity contribution in [3.8, 4) is 0 Å². The number of nitrogens with one attached hydrogen (secondary N) is 1. The minimum atomic E-state index is -3.30. The second kappa shape index (κ2) is 8.10. The van der Waals surface area contributed by atoms with Crippen LogP contribution >= 0.6 is 11.6 Å². The first kappa shape index (κ1) is 20.6. The van der Waals surface area contributed by atoms with E-state index in [0.717, 1.165) is 12.5 Å². The topological polar surface area (TPSA) is 91.3 Å². The molecule has 3 rings (SSSR count). The van der Waals surface area contributed by atoms with E-state index in [1.807, 2.05) is 0 Å². The Balaban J connectivity index is 1.79. The van der Waals surface area contributed by atoms with Crippen molar-refractivity contribution in [3.05, 3.63) is 40.9 Å². The van der Waals surface area contributed by atoms with E-state index in [1.54, 1.807) is 11.8 Å². The van der Waals surface area contributed by atoms with Crippen LogP contribution in [-0.4, -0.2) is 60.1 Å². The molecule has 0 radical (unpaired) electrons. The molecular weight excluding hydrogens is 414 g/mol. The molecule has 0 saturated carbocycles. The van der Waals surface area contributed by atoms with Crippen molar-refractivity contribution in [2.75, 3.05) is 42.7 Å². The van der Waals surface area contributed by atoms with Crippen LogP contribution in [0.2, 0.25) is 5.28 Å². The van der Waals surface area contributed by atoms with Gasteiger partial charge in [-0.05, 0) is 30.7 Å². The number of aromatic nitrogens is 3. The van der Waals surface area contributed by atoms with Crippen molar-refractivity contribution in [2.24, 2.45) is 0 Å². The number of piperazine rings is 1. The molecule has 1 N–H and O–H groups in total. The quantitative estimate of drug-likeness (QED) is 0.723. The van der Waals surface area contributed by atoms with Crippen LogP contribution in [-0.2, 0) is 10.0 Å². The van der Waals surface area contributed by atoms with Crippen LogP contribution in [0.3, 0.4) is 0 Å². The van der Waals surface area contributed by atoms with Crippen LogP contribution in [0.25, 0.3) is 0 Å². The van der Waals surface area contributed by atoms with E-state index in [9.17, 15) is 12.8 Å². The number of pyridine rings is 1. The molecule has 152 valence electrons. The summed E-state index contributed by atoms with van der Waals surface area (Å²) < 4.78 is 52.6. The third-order valence-electron chi connectivity index (χ3n) is 4.36. The Morgan fingerprint density at radius 3 is 2.43 bits per heavy atom. The Labute approximate surface area is 166 Å². The zero-order chi connectivity index (χ0) is 20.5. The van der Waals surface area contributed by atoms with Gasteiger partial charge in [-0.2, -0.15) is 18.7 Å². The first-order valence-corrected chi connectivity index (χ1v) is 10.7. The minimum Gasteiger partial charge on any atom is -0.359 e. The van der Waals surface area contributed by atoms with Gasteiger partial charge in [-0.15, -0.1) is 0 Å². The van der Waals surface area contributed by atoms with Gasteiger partial charge in [0.15, 0.2) is 11.6 Å². The lowest BCUT2D eigenvalue weighted by Gasteiger charge is -2.34. The highest BCUT2D eigenvalue weighted by Gasteiger charge is 2.27. The summed E-state index contributed by atoms with van der Waals surface area (Å²) in [4.78, 5) is 13.4. The fraction of sp³-hybridized carbons (Fsp3) is 0.438. The van der Waals surface area contributed by atoms with Crippen molar-refractivity contribution in [3.63, 3.8) is 0 Å². The van der Waals surface area contributed by atoms with Gasteiger partial charge in [-0.3, -0.25) is 4.98 Å². The van der Waals surface area contributed by atoms with E-state index in [2.05, 4.69) is 20.3 Å². The van der Waals surface area contributed by atoms with Crippen molar-refractivity contribution >= 4 is 33.3 Å². The summed E-state index contributed by atoms with van der Waals surface area (Å²) >= 11 is 5.97. The zero-order valence-electron chi connectivity index (χ0n) is 15.2. The number of anilines is 2. The lowest BCUT2D eigenvalue weighted by Crippen LogP contribution is -2.49. The summed E-state index contributed by atoms with van der Waals surface area (Å²) in [5.74, 6) is -1.29. The second-order valence-electron chi connectivity index (χ2n) is 6.40. The van der Waals surface area contributed by atoms with E-state index >= 15 is 4.39 Å². The molecule has 1 unspecified atom stereocenters. The van der Waals surface area contributed by atoms with Crippen LogP contribution in [0.15, 0.2) is 18.3 Å². The van der Waals surface area contributed by atoms with Gasteiger partial charge in [0, 0.05) is 26.2 Å². The van der Waals surface area contributed by atoms with Gasteiger partial charge in [0.1, 0.15) is 5.82 Å². The molecule has 28 heavy (non-hydrogen) atoms. The van der Waals surface area contributed by atoms with Crippen molar-refractivity contribution in [1.82, 2.24) is 19.3 Å². The molecule has 1 atom stereocenters. The van der Waals surface area contributed by atoms with E-state index in [4.69, 9.17) is 11.6 Å². The minimum absolute atomic E-state index is 0.00471. The number of sulfonamides is 1. The maximum absolute atomic E-state index is 15.0. The molecule has 1 saturated heterocycles. The summed E-state index contributed by atoms with van der Waals surface area (Å²) in [5, 5.41) is 2.72. The van der Waals surface area contributed by atoms with Gasteiger partial charge in [-0.25, -0.2) is 12.8 Å². The molecule has 8 nitrogen and oxygen atoms in total. The lowest BCUT2D eigenvalue weighted by molar-refractivity contribution is 0.384. The lowest BCUT2D eigenvalue weighted by atomic mass is 10.2. The highest BCUT2D eigenvalue weighted by atomic mass is 35.5. The Morgan fingerprint density at radius 2 is 1.86 bits per heavy atom. The highest BCUT2D eigenvalue weighted by molar-refractivity contribution is 7.88. The van der Waals surface area contributed by atoms with Crippen LogP contribution < -0.4 is 10.2 Å². The molecule has 0 amide bonds. The average molecular weight is 433 g/mol. The molecule has 2 aromatic heterocycles. The van der Waals surface area contributed by atoms with Crippen molar-refractivity contribution < 1.29 is 17.2 Å². The van der Waals surface area contributed by atoms with Crippen LogP contribution in [0.4, 0.5) is 20.4 Å². The first-order chi connectivity index (χ1) is 13.1. The SMILES string of the molecule is CC(Nc1nc(Cl)nc(N2CCN(S(C)(=O)=O)CC2)c1F)c1ccc(F)cn1. The van der Waals surface area contributed by atoms with Crippen LogP contribution in [0.1, 0.15) is 18.7 Å². The number of rotatable bonds is 5. The van der Waals surface area contributed by atoms with Crippen molar-refractivity contribution in [1.29, 1.82) is 0 Å². The van der Waals surface area contributed by atoms with Crippen LogP contribution in [0, 0.1) is 11.6 Å². The summed E-state index contributed by atoms with van der Waals surface area (Å²) in [6.45, 7) is 2.70. The van der Waals surface area contributed by atoms with Gasteiger partial charge >= 0.3 is 0 Å². The fourth-order valence-corrected chi connectivity index (χ4v) is 3.86. The van der Waals surface area contributed by atoms with Crippen molar-refractivity contribution in [2.45, 2.75) is 13.0 Å². The molecule has 1 fully saturated rings. The summed E-state index contributed by atoms with van der Waals surface area (Å²) in [6.07, 6.45) is 2.21. The molecule has 0 aliphatic carbocycles. The molecule has 0 spiro atoms. The predicted molar refractivity (Wildman–Crippen MR) is 102 cm³/mol. The smallest absolute Gasteiger partial charge is 0.226 e. The summed E-state index contributed by atoms with van der Waals surface area (Å²) in [5.41, 5.74) is 0.499. The number of hydrogen-bond acceptors (Lipinski definition) is 7. The maximum atomic E-state index is 15.0. The Morgan fingerprint density at radius 1 is 1.18 bits per heavy atom. The Bertz CT molecular complexity index is 952. The molecule has 1 aliphatic rings. The number of hydrogen-bond donors (Lipinski definition) is 1. The monoisotopic (exact) mass is 432 g/mol. The van der Waals surface area contributed by atoms with Gasteiger partial charge in [0.05, 0.1) is 24.2 Å². The summed E-state index contributed by atoms with van der Waals surface area (Å²) in [6, 6.07) is 2.28. The largest absolute Gasteiger partial charge is 0.359 e. The molecule has 1 aliphatic heterocycles. The first-order valence-electron chi connectivity index (χ1n) is 8.46. The van der Waals surface area contributed by atoms with Gasteiger partial charge in [0.25, 0.3) is 0 Å². The molecule has 2 aromatic rings. The van der Waals surface area contributed by atoms with Gasteiger partial charge in [0.2, 0.25) is 21.1 Å². The fourth-order valence-electron chi connectivity index (χ4n) is 2.87. The highest BCUT2D eigenvalue weighted by Crippen LogP contribution is 2.28. The number of nitrogens with zero attached hydrogens (tertiary/aromatic N) is 5. The van der Waals surface area contributed by atoms with E-state index in [0.29, 0.717) is 5.69 Å². The third kappa shape index (κ3) is 4.65. The molecular formula is C16H19ClF2N6O2S. The van der Waals surface area contributed by atoms with E-state index in [1.165, 1.54) is 16.4 Å². The van der Waals surface area contributed by atoms with E-state index < -0.39 is 27.7 Å². The Kier molecular flexibility index (Phi) is 5.96. The van der Waals surface area contributed by atoms with Gasteiger partial charge in [-0.1, -0.05) is 0 Å². The summed E-state index contributed by atoms with van der Waals surface area (Å²) in [7, 11) is -3.30. The zero-order valence-corrected chi connectivity index (χ0v) is 16.8. The average Bonchev–Trinajstić information content (AvgIpc) is 2.64. The molecule has 12 heteroatoms. The van der Waals surface area contributed by atoms with E-state index in [-0.39, 0.29) is 43.1 Å². The van der Waals surface area contributed by atoms with Gasteiger partial charge < -0.3 is 10.2 Å². The normalized spacial score (nSPS) is 16.8. The third-order valence-corrected chi connectivity index (χ3v) is 5.83. The molecule has 0 aromatic carbocycles. The second-order valence-corrected chi connectivity index (χ2v) is 8.72. The molecule has 3 heterocycles. The van der Waals surface area contributed by atoms with Crippen LogP contribution in [0.5, 0.6) is 0 Å².